The molecule has 25 heavy (non-hydrogen) atoms. The summed E-state index contributed by atoms with van der Waals surface area (Å²) in [6.07, 6.45) is 1.47. The lowest BCUT2D eigenvalue weighted by atomic mass is 10.1. The van der Waals surface area contributed by atoms with Gasteiger partial charge in [-0.15, -0.1) is 10.2 Å². The number of rotatable bonds is 6. The van der Waals surface area contributed by atoms with Gasteiger partial charge in [-0.2, -0.15) is 0 Å². The first-order valence-corrected chi connectivity index (χ1v) is 8.15. The summed E-state index contributed by atoms with van der Waals surface area (Å²) in [7, 11) is 0. The van der Waals surface area contributed by atoms with Gasteiger partial charge < -0.3 is 4.42 Å². The number of hydrogen-bond donors (Lipinski definition) is 1. The summed E-state index contributed by atoms with van der Waals surface area (Å²) < 4.78 is 5.03. The molecular weight excluding hydrogens is 344 g/mol. The Morgan fingerprint density at radius 1 is 1.20 bits per heavy atom. The minimum atomic E-state index is -0.460. The number of nitro benzene ring substituents is 1. The smallest absolute Gasteiger partial charge is 0.270 e. The zero-order valence-electron chi connectivity index (χ0n) is 12.8. The van der Waals surface area contributed by atoms with E-state index in [4.69, 9.17) is 4.42 Å². The summed E-state index contributed by atoms with van der Waals surface area (Å²) in [5, 5.41) is 22.1. The van der Waals surface area contributed by atoms with Gasteiger partial charge in [-0.1, -0.05) is 23.9 Å². The largest absolute Gasteiger partial charge is 0.449 e. The minimum absolute atomic E-state index is 0.00708. The number of nitro groups is 1. The second kappa shape index (κ2) is 7.58. The Bertz CT molecular complexity index is 881. The molecular formula is C16H12N4O4S. The molecule has 3 aromatic rings. The highest BCUT2D eigenvalue weighted by molar-refractivity contribution is 7.99. The maximum absolute atomic E-state index is 11.8. The lowest BCUT2D eigenvalue weighted by Gasteiger charge is -2.03. The van der Waals surface area contributed by atoms with Gasteiger partial charge in [0.25, 0.3) is 5.69 Å². The number of hydrogen-bond acceptors (Lipinski definition) is 7. The quantitative estimate of drug-likeness (QED) is 0.409. The lowest BCUT2D eigenvalue weighted by molar-refractivity contribution is -0.384. The van der Waals surface area contributed by atoms with Gasteiger partial charge in [0.2, 0.25) is 5.91 Å². The molecule has 0 aliphatic heterocycles. The molecule has 1 aromatic carbocycles. The molecule has 2 aromatic heterocycles. The van der Waals surface area contributed by atoms with E-state index in [0.29, 0.717) is 22.2 Å². The molecule has 0 spiro atoms. The summed E-state index contributed by atoms with van der Waals surface area (Å²) in [5.74, 6) is 0.327. The normalized spacial score (nSPS) is 10.4. The van der Waals surface area contributed by atoms with Crippen molar-refractivity contribution in [2.24, 2.45) is 0 Å². The Morgan fingerprint density at radius 2 is 2.08 bits per heavy atom. The lowest BCUT2D eigenvalue weighted by Crippen LogP contribution is -2.13. The van der Waals surface area contributed by atoms with Crippen molar-refractivity contribution in [3.63, 3.8) is 0 Å². The summed E-state index contributed by atoms with van der Waals surface area (Å²) in [5.41, 5.74) is 1.12. The molecule has 1 N–H and O–H groups in total. The standard InChI is InChI=1S/C16H12N4O4S/c21-14(17-15-5-2-8-24-15)10-25-16-7-6-13(18-19-16)11-3-1-4-12(9-11)20(22)23/h1-9H,10H2,(H,17,21). The number of benzene rings is 1. The average molecular weight is 356 g/mol. The van der Waals surface area contributed by atoms with Crippen molar-refractivity contribution >= 4 is 29.2 Å². The zero-order chi connectivity index (χ0) is 17.6. The molecule has 9 heteroatoms. The fourth-order valence-corrected chi connectivity index (χ4v) is 2.61. The molecule has 3 rings (SSSR count). The predicted octanol–water partition coefficient (Wildman–Crippen LogP) is 3.38. The van der Waals surface area contributed by atoms with Crippen LogP contribution in [0.5, 0.6) is 0 Å². The number of nitrogens with zero attached hydrogens (tertiary/aromatic N) is 3. The van der Waals surface area contributed by atoms with E-state index >= 15 is 0 Å². The van der Waals surface area contributed by atoms with Crippen LogP contribution in [0.1, 0.15) is 0 Å². The fraction of sp³-hybridized carbons (Fsp3) is 0.0625. The number of furan rings is 1. The molecule has 0 unspecified atom stereocenters. The molecule has 0 saturated carbocycles. The van der Waals surface area contributed by atoms with Gasteiger partial charge in [0.05, 0.1) is 22.6 Å². The van der Waals surface area contributed by atoms with Gasteiger partial charge in [-0.05, 0) is 18.2 Å². The third-order valence-electron chi connectivity index (χ3n) is 3.13. The van der Waals surface area contributed by atoms with Gasteiger partial charge in [0.15, 0.2) is 5.88 Å². The highest BCUT2D eigenvalue weighted by Gasteiger charge is 2.10. The van der Waals surface area contributed by atoms with E-state index < -0.39 is 4.92 Å². The third kappa shape index (κ3) is 4.42. The van der Waals surface area contributed by atoms with Crippen LogP contribution in [0, 0.1) is 10.1 Å². The molecule has 2 heterocycles. The van der Waals surface area contributed by atoms with E-state index in [-0.39, 0.29) is 17.3 Å². The van der Waals surface area contributed by atoms with E-state index in [9.17, 15) is 14.9 Å². The molecule has 0 radical (unpaired) electrons. The first kappa shape index (κ1) is 16.7. The molecule has 0 fully saturated rings. The molecule has 1 amide bonds. The Labute approximate surface area is 146 Å². The number of anilines is 1. The second-order valence-corrected chi connectivity index (χ2v) is 5.87. The van der Waals surface area contributed by atoms with E-state index in [2.05, 4.69) is 15.5 Å². The third-order valence-corrected chi connectivity index (χ3v) is 4.05. The van der Waals surface area contributed by atoms with Crippen molar-refractivity contribution in [1.82, 2.24) is 10.2 Å². The van der Waals surface area contributed by atoms with Crippen LogP contribution in [0.4, 0.5) is 11.6 Å². The number of carbonyl (C=O) groups excluding carboxylic acids is 1. The molecule has 0 aliphatic rings. The van der Waals surface area contributed by atoms with Gasteiger partial charge in [-0.25, -0.2) is 0 Å². The number of non-ortho nitro benzene ring substituents is 1. The number of nitrogens with one attached hydrogen (secondary N) is 1. The van der Waals surface area contributed by atoms with Crippen LogP contribution in [-0.4, -0.2) is 26.8 Å². The maximum Gasteiger partial charge on any atom is 0.270 e. The SMILES string of the molecule is O=C(CSc1ccc(-c2cccc([N+](=O)[O-])c2)nn1)Nc1ccco1. The van der Waals surface area contributed by atoms with E-state index in [1.165, 1.54) is 30.2 Å². The van der Waals surface area contributed by atoms with E-state index in [0.717, 1.165) is 0 Å². The van der Waals surface area contributed by atoms with Crippen molar-refractivity contribution in [3.8, 4) is 11.3 Å². The zero-order valence-corrected chi connectivity index (χ0v) is 13.6. The number of carbonyl (C=O) groups is 1. The van der Waals surface area contributed by atoms with Crippen LogP contribution in [0.15, 0.2) is 64.2 Å². The van der Waals surface area contributed by atoms with Gasteiger partial charge >= 0.3 is 0 Å². The first-order valence-electron chi connectivity index (χ1n) is 7.16. The van der Waals surface area contributed by atoms with Crippen LogP contribution in [-0.2, 0) is 4.79 Å². The van der Waals surface area contributed by atoms with Crippen LogP contribution >= 0.6 is 11.8 Å². The molecule has 0 bridgehead atoms. The number of aromatic nitrogens is 2. The maximum atomic E-state index is 11.8. The highest BCUT2D eigenvalue weighted by Crippen LogP contribution is 2.23. The average Bonchev–Trinajstić information content (AvgIpc) is 3.13. The topological polar surface area (TPSA) is 111 Å². The van der Waals surface area contributed by atoms with E-state index in [1.807, 2.05) is 0 Å². The van der Waals surface area contributed by atoms with Gasteiger partial charge in [0, 0.05) is 23.8 Å². The summed E-state index contributed by atoms with van der Waals surface area (Å²) in [6, 6.07) is 12.9. The number of thioether (sulfide) groups is 1. The molecule has 8 nitrogen and oxygen atoms in total. The van der Waals surface area contributed by atoms with Gasteiger partial charge in [0.1, 0.15) is 5.03 Å². The summed E-state index contributed by atoms with van der Waals surface area (Å²) in [6.45, 7) is 0. The van der Waals surface area contributed by atoms with Crippen molar-refractivity contribution < 1.29 is 14.1 Å². The van der Waals surface area contributed by atoms with Crippen molar-refractivity contribution in [2.45, 2.75) is 5.03 Å². The Balaban J connectivity index is 1.61. The highest BCUT2D eigenvalue weighted by atomic mass is 32.2. The van der Waals surface area contributed by atoms with Crippen LogP contribution in [0.25, 0.3) is 11.3 Å². The monoisotopic (exact) mass is 356 g/mol. The fourth-order valence-electron chi connectivity index (χ4n) is 1.99. The molecule has 0 aliphatic carbocycles. The van der Waals surface area contributed by atoms with Crippen LogP contribution < -0.4 is 5.32 Å². The Morgan fingerprint density at radius 3 is 2.76 bits per heavy atom. The second-order valence-electron chi connectivity index (χ2n) is 4.88. The predicted molar refractivity (Wildman–Crippen MR) is 92.2 cm³/mol. The summed E-state index contributed by atoms with van der Waals surface area (Å²) >= 11 is 1.23. The van der Waals surface area contributed by atoms with Crippen molar-refractivity contribution in [3.05, 3.63) is 64.9 Å². The van der Waals surface area contributed by atoms with E-state index in [1.54, 1.807) is 36.4 Å². The van der Waals surface area contributed by atoms with Crippen molar-refractivity contribution in [2.75, 3.05) is 11.1 Å². The number of amides is 1. The summed E-state index contributed by atoms with van der Waals surface area (Å²) in [4.78, 5) is 22.1. The van der Waals surface area contributed by atoms with Gasteiger partial charge in [-0.3, -0.25) is 20.2 Å². The first-order chi connectivity index (χ1) is 12.1. The minimum Gasteiger partial charge on any atom is -0.449 e. The molecule has 0 saturated heterocycles. The Hall–Kier alpha value is -3.20. The Kier molecular flexibility index (Phi) is 5.05. The van der Waals surface area contributed by atoms with Crippen molar-refractivity contribution in [1.29, 1.82) is 0 Å². The van der Waals surface area contributed by atoms with Crippen LogP contribution in [0.3, 0.4) is 0 Å². The molecule has 0 atom stereocenters. The van der Waals surface area contributed by atoms with Crippen LogP contribution in [0.2, 0.25) is 0 Å². The molecule has 126 valence electrons.